The molecule has 0 aromatic heterocycles. The fourth-order valence-corrected chi connectivity index (χ4v) is 4.25. The first-order chi connectivity index (χ1) is 13.4. The van der Waals surface area contributed by atoms with Gasteiger partial charge in [-0.1, -0.05) is 28.1 Å². The van der Waals surface area contributed by atoms with Crippen LogP contribution in [0.25, 0.3) is 6.08 Å². The molecule has 1 fully saturated rings. The number of nitro benzene ring substituents is 1. The Morgan fingerprint density at radius 1 is 1.32 bits per heavy atom. The van der Waals surface area contributed by atoms with Crippen molar-refractivity contribution in [2.24, 2.45) is 5.92 Å². The predicted molar refractivity (Wildman–Crippen MR) is 114 cm³/mol. The summed E-state index contributed by atoms with van der Waals surface area (Å²) in [5.74, 6) is 0.204. The maximum atomic E-state index is 13.0. The van der Waals surface area contributed by atoms with Crippen molar-refractivity contribution in [3.63, 3.8) is 0 Å². The minimum absolute atomic E-state index is 0.0601. The predicted octanol–water partition coefficient (Wildman–Crippen LogP) is 4.52. The number of nitro groups is 1. The molecular formula is C20H19BrN2O4S. The first-order valence-electron chi connectivity index (χ1n) is 8.75. The van der Waals surface area contributed by atoms with E-state index in [0.717, 1.165) is 23.0 Å². The fourth-order valence-electron chi connectivity index (χ4n) is 2.94. The number of carbonyl (C=O) groups excluding carboxylic acids is 1. The van der Waals surface area contributed by atoms with Crippen molar-refractivity contribution in [3.8, 4) is 5.75 Å². The Kier molecular flexibility index (Phi) is 6.88. The normalized spacial score (nSPS) is 16.9. The van der Waals surface area contributed by atoms with Gasteiger partial charge in [0.25, 0.3) is 0 Å². The highest BCUT2D eigenvalue weighted by Gasteiger charge is 2.26. The second-order valence-corrected chi connectivity index (χ2v) is 8.42. The van der Waals surface area contributed by atoms with Crippen molar-refractivity contribution in [2.75, 3.05) is 13.1 Å². The molecule has 0 saturated carbocycles. The lowest BCUT2D eigenvalue weighted by Gasteiger charge is -2.12. The number of hydrogen-bond donors (Lipinski definition) is 2. The molecule has 1 unspecified atom stereocenters. The van der Waals surface area contributed by atoms with E-state index in [1.807, 2.05) is 24.3 Å². The quantitative estimate of drug-likeness (QED) is 0.357. The molecule has 1 heterocycles. The van der Waals surface area contributed by atoms with Crippen molar-refractivity contribution in [1.82, 2.24) is 5.32 Å². The van der Waals surface area contributed by atoms with Crippen molar-refractivity contribution in [3.05, 3.63) is 73.1 Å². The number of aromatic hydroxyl groups is 1. The Labute approximate surface area is 175 Å². The Hall–Kier alpha value is -2.16. The number of allylic oxidation sites excluding steroid dienone is 1. The molecule has 2 N–H and O–H groups in total. The van der Waals surface area contributed by atoms with Gasteiger partial charge >= 0.3 is 5.69 Å². The van der Waals surface area contributed by atoms with Crippen LogP contribution in [0.1, 0.15) is 17.5 Å². The number of thioether (sulfide) groups is 1. The van der Waals surface area contributed by atoms with E-state index in [9.17, 15) is 20.0 Å². The van der Waals surface area contributed by atoms with E-state index in [4.69, 9.17) is 0 Å². The number of ketones is 1. The molecule has 0 amide bonds. The van der Waals surface area contributed by atoms with E-state index in [0.29, 0.717) is 22.8 Å². The number of hydrogen-bond acceptors (Lipinski definition) is 6. The van der Waals surface area contributed by atoms with Gasteiger partial charge in [-0.25, -0.2) is 0 Å². The minimum atomic E-state index is -0.638. The smallest absolute Gasteiger partial charge is 0.310 e. The molecule has 2 aromatic carbocycles. The number of phenolic OH excluding ortho intramolecular Hbond substituents is 1. The molecule has 8 heteroatoms. The van der Waals surface area contributed by atoms with Crippen LogP contribution >= 0.6 is 27.7 Å². The van der Waals surface area contributed by atoms with Gasteiger partial charge in [0.2, 0.25) is 0 Å². The summed E-state index contributed by atoms with van der Waals surface area (Å²) in [5, 5.41) is 24.0. The van der Waals surface area contributed by atoms with Gasteiger partial charge in [-0.2, -0.15) is 0 Å². The van der Waals surface area contributed by atoms with Crippen molar-refractivity contribution in [1.29, 1.82) is 0 Å². The molecular weight excluding hydrogens is 444 g/mol. The van der Waals surface area contributed by atoms with Crippen LogP contribution in [0.15, 0.2) is 51.8 Å². The van der Waals surface area contributed by atoms with Gasteiger partial charge in [-0.3, -0.25) is 14.9 Å². The number of benzene rings is 2. The molecule has 1 aliphatic heterocycles. The summed E-state index contributed by atoms with van der Waals surface area (Å²) in [6, 6.07) is 12.0. The highest BCUT2D eigenvalue weighted by atomic mass is 79.9. The first kappa shape index (κ1) is 20.6. The lowest BCUT2D eigenvalue weighted by molar-refractivity contribution is -0.385. The lowest BCUT2D eigenvalue weighted by atomic mass is 10.0. The van der Waals surface area contributed by atoms with Gasteiger partial charge in [-0.05, 0) is 54.4 Å². The van der Waals surface area contributed by atoms with E-state index in [1.165, 1.54) is 30.0 Å². The fraction of sp³-hybridized carbons (Fsp3) is 0.250. The van der Waals surface area contributed by atoms with Crippen molar-refractivity contribution in [2.45, 2.75) is 12.2 Å². The summed E-state index contributed by atoms with van der Waals surface area (Å²) >= 11 is 4.85. The summed E-state index contributed by atoms with van der Waals surface area (Å²) in [6.45, 7) is 1.47. The molecule has 0 radical (unpaired) electrons. The highest BCUT2D eigenvalue weighted by molar-refractivity contribution is 9.10. The Morgan fingerprint density at radius 2 is 2.07 bits per heavy atom. The minimum Gasteiger partial charge on any atom is -0.502 e. The van der Waals surface area contributed by atoms with E-state index in [2.05, 4.69) is 21.2 Å². The molecule has 146 valence electrons. The SMILES string of the molecule is O=C(/C(=C\c1ccc([N+](=O)[O-])c(O)c1)SCc1ccc(Br)cc1)C1CCNC1. The summed E-state index contributed by atoms with van der Waals surface area (Å²) in [4.78, 5) is 23.8. The van der Waals surface area contributed by atoms with Gasteiger partial charge in [-0.15, -0.1) is 11.8 Å². The van der Waals surface area contributed by atoms with Crippen LogP contribution < -0.4 is 5.32 Å². The largest absolute Gasteiger partial charge is 0.502 e. The van der Waals surface area contributed by atoms with Crippen molar-refractivity contribution >= 4 is 45.2 Å². The van der Waals surface area contributed by atoms with Gasteiger partial charge in [0.1, 0.15) is 0 Å². The molecule has 6 nitrogen and oxygen atoms in total. The third-order valence-corrected chi connectivity index (χ3v) is 6.11. The topological polar surface area (TPSA) is 92.5 Å². The molecule has 3 rings (SSSR count). The van der Waals surface area contributed by atoms with Crippen LogP contribution in [-0.2, 0) is 10.5 Å². The lowest BCUT2D eigenvalue weighted by Crippen LogP contribution is -2.18. The average Bonchev–Trinajstić information content (AvgIpc) is 3.20. The van der Waals surface area contributed by atoms with E-state index in [1.54, 1.807) is 6.08 Å². The van der Waals surface area contributed by atoms with E-state index in [-0.39, 0.29) is 17.4 Å². The van der Waals surface area contributed by atoms with Gasteiger partial charge < -0.3 is 10.4 Å². The van der Waals surface area contributed by atoms with Crippen LogP contribution in [0.5, 0.6) is 5.75 Å². The zero-order chi connectivity index (χ0) is 20.1. The third-order valence-electron chi connectivity index (χ3n) is 4.48. The number of nitrogens with zero attached hydrogens (tertiary/aromatic N) is 1. The maximum absolute atomic E-state index is 13.0. The number of carbonyl (C=O) groups is 1. The molecule has 0 spiro atoms. The molecule has 1 atom stereocenters. The van der Waals surface area contributed by atoms with Gasteiger partial charge in [0.15, 0.2) is 11.5 Å². The zero-order valence-corrected chi connectivity index (χ0v) is 17.3. The number of Topliss-reactive ketones (excluding diaryl/α,β-unsaturated/α-hetero) is 1. The summed E-state index contributed by atoms with van der Waals surface area (Å²) in [5.41, 5.74) is 1.29. The molecule has 1 saturated heterocycles. The van der Waals surface area contributed by atoms with Crippen LogP contribution in [-0.4, -0.2) is 28.9 Å². The van der Waals surface area contributed by atoms with Crippen LogP contribution in [0, 0.1) is 16.0 Å². The molecule has 0 bridgehead atoms. The second kappa shape index (κ2) is 9.36. The van der Waals surface area contributed by atoms with Gasteiger partial charge in [0, 0.05) is 28.8 Å². The van der Waals surface area contributed by atoms with Crippen LogP contribution in [0.3, 0.4) is 0 Å². The second-order valence-electron chi connectivity index (χ2n) is 6.48. The monoisotopic (exact) mass is 462 g/mol. The maximum Gasteiger partial charge on any atom is 0.310 e. The van der Waals surface area contributed by atoms with Crippen LogP contribution in [0.4, 0.5) is 5.69 Å². The average molecular weight is 463 g/mol. The Morgan fingerprint density at radius 3 is 2.68 bits per heavy atom. The molecule has 28 heavy (non-hydrogen) atoms. The number of halogens is 1. The van der Waals surface area contributed by atoms with Gasteiger partial charge in [0.05, 0.1) is 9.83 Å². The number of nitrogens with one attached hydrogen (secondary N) is 1. The van der Waals surface area contributed by atoms with Crippen LogP contribution in [0.2, 0.25) is 0 Å². The zero-order valence-electron chi connectivity index (χ0n) is 14.9. The van der Waals surface area contributed by atoms with E-state index < -0.39 is 10.7 Å². The molecule has 2 aromatic rings. The standard InChI is InChI=1S/C20H19BrN2O4S/c21-16-4-1-13(2-5-16)12-28-19(20(25)15-7-8-22-11-15)10-14-3-6-17(23(26)27)18(24)9-14/h1-6,9-10,15,22,24H,7-8,11-12H2/b19-10+. The summed E-state index contributed by atoms with van der Waals surface area (Å²) in [7, 11) is 0. The number of phenols is 1. The summed E-state index contributed by atoms with van der Waals surface area (Å²) < 4.78 is 0.992. The Bertz CT molecular complexity index is 909. The Balaban J connectivity index is 1.85. The summed E-state index contributed by atoms with van der Waals surface area (Å²) in [6.07, 6.45) is 2.49. The highest BCUT2D eigenvalue weighted by Crippen LogP contribution is 2.32. The molecule has 0 aliphatic carbocycles. The van der Waals surface area contributed by atoms with E-state index >= 15 is 0 Å². The van der Waals surface area contributed by atoms with Crippen molar-refractivity contribution < 1.29 is 14.8 Å². The first-order valence-corrected chi connectivity index (χ1v) is 10.5. The third kappa shape index (κ3) is 5.21. The number of rotatable bonds is 7. The molecule has 1 aliphatic rings.